The van der Waals surface area contributed by atoms with E-state index < -0.39 is 5.97 Å². The lowest BCUT2D eigenvalue weighted by atomic mass is 9.90. The molecule has 0 unspecified atom stereocenters. The molecule has 2 N–H and O–H groups in total. The summed E-state index contributed by atoms with van der Waals surface area (Å²) in [5.74, 6) is -1.04. The quantitative estimate of drug-likeness (QED) is 0.843. The average molecular weight is 292 g/mol. The van der Waals surface area contributed by atoms with Crippen LogP contribution in [0.4, 0.5) is 10.5 Å². The number of carboxylic acids is 1. The van der Waals surface area contributed by atoms with Gasteiger partial charge in [0, 0.05) is 12.6 Å². The van der Waals surface area contributed by atoms with Crippen molar-refractivity contribution in [2.45, 2.75) is 45.6 Å². The third kappa shape index (κ3) is 3.74. The first-order valence-electron chi connectivity index (χ1n) is 7.29. The van der Waals surface area contributed by atoms with E-state index in [1.54, 1.807) is 25.2 Å². The molecule has 0 bridgehead atoms. The molecule has 0 fully saturated rings. The topological polar surface area (TPSA) is 69.6 Å². The van der Waals surface area contributed by atoms with Gasteiger partial charge < -0.3 is 10.4 Å². The molecule has 116 valence electrons. The molecule has 21 heavy (non-hydrogen) atoms. The van der Waals surface area contributed by atoms with E-state index >= 15 is 0 Å². The molecule has 0 aliphatic heterocycles. The fourth-order valence-electron chi connectivity index (χ4n) is 2.38. The first-order valence-corrected chi connectivity index (χ1v) is 7.29. The highest BCUT2D eigenvalue weighted by atomic mass is 16.4. The van der Waals surface area contributed by atoms with Crippen LogP contribution >= 0.6 is 0 Å². The normalized spacial score (nSPS) is 11.0. The van der Waals surface area contributed by atoms with Crippen molar-refractivity contribution in [2.24, 2.45) is 0 Å². The van der Waals surface area contributed by atoms with E-state index in [9.17, 15) is 14.7 Å². The summed E-state index contributed by atoms with van der Waals surface area (Å²) in [6, 6.07) is 6.21. The Morgan fingerprint density at radius 2 is 1.67 bits per heavy atom. The summed E-state index contributed by atoms with van der Waals surface area (Å²) in [6.07, 6.45) is 2.50. The molecule has 0 spiro atoms. The monoisotopic (exact) mass is 292 g/mol. The maximum Gasteiger partial charge on any atom is 0.337 e. The number of carbonyl (C=O) groups excluding carboxylic acids is 1. The number of urea groups is 1. The molecule has 1 aromatic carbocycles. The van der Waals surface area contributed by atoms with Gasteiger partial charge in [0.15, 0.2) is 0 Å². The number of aromatic carboxylic acids is 1. The largest absolute Gasteiger partial charge is 0.478 e. The second-order valence-corrected chi connectivity index (χ2v) is 5.15. The Bertz CT molecular complexity index is 502. The predicted molar refractivity (Wildman–Crippen MR) is 83.9 cm³/mol. The number of rotatable bonds is 6. The molecule has 0 aliphatic carbocycles. The maximum atomic E-state index is 12.4. The van der Waals surface area contributed by atoms with Crippen molar-refractivity contribution in [2.75, 3.05) is 11.9 Å². The highest BCUT2D eigenvalue weighted by molar-refractivity contribution is 6.01. The van der Waals surface area contributed by atoms with Gasteiger partial charge >= 0.3 is 12.0 Å². The van der Waals surface area contributed by atoms with Gasteiger partial charge in [-0.3, -0.25) is 4.90 Å². The molecule has 0 aliphatic rings. The summed E-state index contributed by atoms with van der Waals surface area (Å²) in [5, 5.41) is 12.2. The zero-order chi connectivity index (χ0) is 16.0. The van der Waals surface area contributed by atoms with Crippen LogP contribution in [0.1, 0.15) is 50.4 Å². The van der Waals surface area contributed by atoms with E-state index in [1.165, 1.54) is 11.0 Å². The number of carbonyl (C=O) groups is 2. The van der Waals surface area contributed by atoms with Gasteiger partial charge in [0.25, 0.3) is 0 Å². The van der Waals surface area contributed by atoms with Crippen molar-refractivity contribution >= 4 is 17.7 Å². The van der Waals surface area contributed by atoms with Gasteiger partial charge in [0.1, 0.15) is 0 Å². The summed E-state index contributed by atoms with van der Waals surface area (Å²) in [6.45, 7) is 6.12. The molecule has 0 radical (unpaired) electrons. The standard InChI is InChI=1S/C16H24N2O3/c1-5-16(6-2,7-3)17-15(21)18(4)13-11-9-8-10-12(13)14(19)20/h8-11H,5-7H2,1-4H3,(H,17,21)(H,19,20). The molecule has 0 atom stereocenters. The van der Waals surface area contributed by atoms with Crippen LogP contribution in [0.15, 0.2) is 24.3 Å². The number of anilines is 1. The van der Waals surface area contributed by atoms with Crippen LogP contribution in [0.3, 0.4) is 0 Å². The summed E-state index contributed by atoms with van der Waals surface area (Å²) >= 11 is 0. The van der Waals surface area contributed by atoms with Crippen molar-refractivity contribution in [1.29, 1.82) is 0 Å². The summed E-state index contributed by atoms with van der Waals surface area (Å²) in [7, 11) is 1.59. The Morgan fingerprint density at radius 3 is 2.14 bits per heavy atom. The van der Waals surface area contributed by atoms with Crippen molar-refractivity contribution in [3.8, 4) is 0 Å². The van der Waals surface area contributed by atoms with E-state index in [1.807, 2.05) is 20.8 Å². The van der Waals surface area contributed by atoms with Gasteiger partial charge in [0.2, 0.25) is 0 Å². The van der Waals surface area contributed by atoms with Gasteiger partial charge in [-0.05, 0) is 31.4 Å². The SMILES string of the molecule is CCC(CC)(CC)NC(=O)N(C)c1ccccc1C(=O)O. The van der Waals surface area contributed by atoms with Gasteiger partial charge in [-0.25, -0.2) is 9.59 Å². The number of carboxylic acid groups (broad SMARTS) is 1. The average Bonchev–Trinajstić information content (AvgIpc) is 2.51. The second kappa shape index (κ2) is 7.11. The van der Waals surface area contributed by atoms with E-state index in [0.29, 0.717) is 5.69 Å². The smallest absolute Gasteiger partial charge is 0.337 e. The molecule has 1 rings (SSSR count). The van der Waals surface area contributed by atoms with Gasteiger partial charge in [-0.2, -0.15) is 0 Å². The summed E-state index contributed by atoms with van der Waals surface area (Å²) in [4.78, 5) is 25.0. The number of nitrogens with zero attached hydrogens (tertiary/aromatic N) is 1. The van der Waals surface area contributed by atoms with Crippen LogP contribution in [0.5, 0.6) is 0 Å². The fourth-order valence-corrected chi connectivity index (χ4v) is 2.38. The van der Waals surface area contributed by atoms with E-state index in [4.69, 9.17) is 0 Å². The minimum Gasteiger partial charge on any atom is -0.478 e. The molecule has 0 heterocycles. The number of para-hydroxylation sites is 1. The first-order chi connectivity index (χ1) is 9.90. The molecule has 0 saturated carbocycles. The van der Waals surface area contributed by atoms with Crippen LogP contribution in [0.2, 0.25) is 0 Å². The fraction of sp³-hybridized carbons (Fsp3) is 0.500. The van der Waals surface area contributed by atoms with Crippen LogP contribution in [-0.4, -0.2) is 29.7 Å². The molecule has 5 heteroatoms. The predicted octanol–water partition coefficient (Wildman–Crippen LogP) is 3.50. The van der Waals surface area contributed by atoms with Gasteiger partial charge in [-0.15, -0.1) is 0 Å². The highest BCUT2D eigenvalue weighted by Crippen LogP contribution is 2.23. The summed E-state index contributed by atoms with van der Waals surface area (Å²) < 4.78 is 0. The van der Waals surface area contributed by atoms with Crippen LogP contribution in [0.25, 0.3) is 0 Å². The van der Waals surface area contributed by atoms with Crippen molar-refractivity contribution < 1.29 is 14.7 Å². The number of hydrogen-bond acceptors (Lipinski definition) is 2. The maximum absolute atomic E-state index is 12.4. The Morgan fingerprint density at radius 1 is 1.14 bits per heavy atom. The Kier molecular flexibility index (Phi) is 5.76. The third-order valence-electron chi connectivity index (χ3n) is 4.20. The minimum absolute atomic E-state index is 0.116. The zero-order valence-corrected chi connectivity index (χ0v) is 13.1. The Hall–Kier alpha value is -2.04. The second-order valence-electron chi connectivity index (χ2n) is 5.15. The molecule has 2 amide bonds. The van der Waals surface area contributed by atoms with Crippen LogP contribution in [-0.2, 0) is 0 Å². The van der Waals surface area contributed by atoms with E-state index in [2.05, 4.69) is 5.32 Å². The number of nitrogens with one attached hydrogen (secondary N) is 1. The summed E-state index contributed by atoms with van der Waals surface area (Å²) in [5.41, 5.74) is 0.258. The third-order valence-corrected chi connectivity index (χ3v) is 4.20. The van der Waals surface area contributed by atoms with Crippen LogP contribution < -0.4 is 10.2 Å². The lowest BCUT2D eigenvalue weighted by Crippen LogP contribution is -2.52. The van der Waals surface area contributed by atoms with Gasteiger partial charge in [0.05, 0.1) is 11.3 Å². The van der Waals surface area contributed by atoms with Crippen LogP contribution in [0, 0.1) is 0 Å². The molecule has 0 saturated heterocycles. The molecular weight excluding hydrogens is 268 g/mol. The number of benzene rings is 1. The van der Waals surface area contributed by atoms with Crippen molar-refractivity contribution in [3.05, 3.63) is 29.8 Å². The Labute approximate surface area is 126 Å². The van der Waals surface area contributed by atoms with Crippen molar-refractivity contribution in [3.63, 3.8) is 0 Å². The molecule has 5 nitrogen and oxygen atoms in total. The van der Waals surface area contributed by atoms with E-state index in [0.717, 1.165) is 19.3 Å². The first kappa shape index (κ1) is 17.0. The lowest BCUT2D eigenvalue weighted by molar-refractivity contribution is 0.0697. The zero-order valence-electron chi connectivity index (χ0n) is 13.1. The van der Waals surface area contributed by atoms with Crippen molar-refractivity contribution in [1.82, 2.24) is 5.32 Å². The minimum atomic E-state index is -1.04. The molecular formula is C16H24N2O3. The highest BCUT2D eigenvalue weighted by Gasteiger charge is 2.28. The lowest BCUT2D eigenvalue weighted by Gasteiger charge is -2.34. The molecule has 0 aromatic heterocycles. The number of amides is 2. The number of hydrogen-bond donors (Lipinski definition) is 2. The molecule has 1 aromatic rings. The van der Waals surface area contributed by atoms with Gasteiger partial charge in [-0.1, -0.05) is 32.9 Å². The van der Waals surface area contributed by atoms with E-state index in [-0.39, 0.29) is 17.1 Å². The Balaban J connectivity index is 3.01.